The molecule has 1 aromatic rings. The molecule has 1 aliphatic rings. The summed E-state index contributed by atoms with van der Waals surface area (Å²) in [4.78, 5) is 11.1. The Labute approximate surface area is 108 Å². The SMILES string of the molecule is COc1cc(Br)c([C@@H]2CNC(=O)N2)cc1OC. The summed E-state index contributed by atoms with van der Waals surface area (Å²) >= 11 is 3.47. The molecule has 0 spiro atoms. The molecule has 1 atom stereocenters. The number of nitrogens with one attached hydrogen (secondary N) is 2. The topological polar surface area (TPSA) is 59.6 Å². The van der Waals surface area contributed by atoms with E-state index < -0.39 is 0 Å². The fraction of sp³-hybridized carbons (Fsp3) is 0.364. The number of carbonyl (C=O) groups is 1. The third-order valence-electron chi connectivity index (χ3n) is 2.65. The van der Waals surface area contributed by atoms with Crippen LogP contribution in [-0.4, -0.2) is 26.8 Å². The van der Waals surface area contributed by atoms with E-state index in [9.17, 15) is 4.79 Å². The first kappa shape index (κ1) is 12.0. The van der Waals surface area contributed by atoms with Gasteiger partial charge >= 0.3 is 6.03 Å². The monoisotopic (exact) mass is 300 g/mol. The van der Waals surface area contributed by atoms with E-state index in [4.69, 9.17) is 9.47 Å². The molecule has 92 valence electrons. The van der Waals surface area contributed by atoms with Gasteiger partial charge in [-0.3, -0.25) is 0 Å². The predicted molar refractivity (Wildman–Crippen MR) is 66.5 cm³/mol. The lowest BCUT2D eigenvalue weighted by Gasteiger charge is -2.15. The third kappa shape index (κ3) is 2.31. The van der Waals surface area contributed by atoms with Crippen molar-refractivity contribution in [1.82, 2.24) is 10.6 Å². The highest BCUT2D eigenvalue weighted by molar-refractivity contribution is 9.10. The molecular weight excluding hydrogens is 288 g/mol. The maximum atomic E-state index is 11.1. The van der Waals surface area contributed by atoms with Gasteiger partial charge in [-0.2, -0.15) is 0 Å². The normalized spacial score (nSPS) is 18.5. The Morgan fingerprint density at radius 3 is 2.47 bits per heavy atom. The summed E-state index contributed by atoms with van der Waals surface area (Å²) in [6.45, 7) is 0.562. The van der Waals surface area contributed by atoms with Gasteiger partial charge in [-0.05, 0) is 17.7 Å². The zero-order chi connectivity index (χ0) is 12.4. The maximum Gasteiger partial charge on any atom is 0.315 e. The summed E-state index contributed by atoms with van der Waals surface area (Å²) < 4.78 is 11.3. The van der Waals surface area contributed by atoms with Crippen molar-refractivity contribution in [2.24, 2.45) is 0 Å². The summed E-state index contributed by atoms with van der Waals surface area (Å²) in [5.74, 6) is 1.30. The van der Waals surface area contributed by atoms with Gasteiger partial charge in [-0.15, -0.1) is 0 Å². The lowest BCUT2D eigenvalue weighted by atomic mass is 10.1. The number of halogens is 1. The van der Waals surface area contributed by atoms with Gasteiger partial charge in [0.2, 0.25) is 0 Å². The van der Waals surface area contributed by atoms with Crippen LogP contribution in [0, 0.1) is 0 Å². The minimum absolute atomic E-state index is 0.0586. The number of benzene rings is 1. The number of ether oxygens (including phenoxy) is 2. The first-order valence-electron chi connectivity index (χ1n) is 5.11. The number of carbonyl (C=O) groups excluding carboxylic acids is 1. The van der Waals surface area contributed by atoms with Gasteiger partial charge in [-0.25, -0.2) is 4.79 Å². The van der Waals surface area contributed by atoms with Crippen molar-refractivity contribution in [1.29, 1.82) is 0 Å². The van der Waals surface area contributed by atoms with Crippen molar-refractivity contribution in [3.63, 3.8) is 0 Å². The first-order valence-corrected chi connectivity index (χ1v) is 5.90. The highest BCUT2D eigenvalue weighted by Gasteiger charge is 2.24. The van der Waals surface area contributed by atoms with Crippen LogP contribution in [0.4, 0.5) is 4.79 Å². The van der Waals surface area contributed by atoms with Crippen LogP contribution in [0.3, 0.4) is 0 Å². The van der Waals surface area contributed by atoms with Crippen molar-refractivity contribution < 1.29 is 14.3 Å². The molecular formula is C11H13BrN2O3. The van der Waals surface area contributed by atoms with E-state index in [2.05, 4.69) is 26.6 Å². The fourth-order valence-corrected chi connectivity index (χ4v) is 2.38. The molecule has 1 aromatic carbocycles. The molecule has 0 bridgehead atoms. The van der Waals surface area contributed by atoms with Crippen molar-refractivity contribution in [2.75, 3.05) is 20.8 Å². The Morgan fingerprint density at radius 2 is 1.94 bits per heavy atom. The zero-order valence-corrected chi connectivity index (χ0v) is 11.1. The van der Waals surface area contributed by atoms with Crippen LogP contribution in [0.15, 0.2) is 16.6 Å². The molecule has 0 unspecified atom stereocenters. The van der Waals surface area contributed by atoms with Crippen LogP contribution in [0.5, 0.6) is 11.5 Å². The van der Waals surface area contributed by atoms with Crippen LogP contribution in [0.25, 0.3) is 0 Å². The molecule has 1 saturated heterocycles. The fourth-order valence-electron chi connectivity index (χ4n) is 1.78. The lowest BCUT2D eigenvalue weighted by molar-refractivity contribution is 0.247. The summed E-state index contributed by atoms with van der Waals surface area (Å²) in [7, 11) is 3.17. The molecule has 0 aliphatic carbocycles. The van der Waals surface area contributed by atoms with Crippen molar-refractivity contribution >= 4 is 22.0 Å². The maximum absolute atomic E-state index is 11.1. The van der Waals surface area contributed by atoms with Gasteiger partial charge in [-0.1, -0.05) is 15.9 Å². The predicted octanol–water partition coefficient (Wildman–Crippen LogP) is 1.82. The Bertz CT molecular complexity index is 451. The van der Waals surface area contributed by atoms with Crippen molar-refractivity contribution in [3.8, 4) is 11.5 Å². The molecule has 2 rings (SSSR count). The number of hydrogen-bond donors (Lipinski definition) is 2. The molecule has 1 heterocycles. The smallest absolute Gasteiger partial charge is 0.315 e. The Balaban J connectivity index is 2.37. The van der Waals surface area contributed by atoms with Gasteiger partial charge in [0.05, 0.1) is 20.3 Å². The molecule has 17 heavy (non-hydrogen) atoms. The Kier molecular flexibility index (Phi) is 3.42. The molecule has 0 radical (unpaired) electrons. The average molecular weight is 301 g/mol. The van der Waals surface area contributed by atoms with Gasteiger partial charge in [0.15, 0.2) is 11.5 Å². The summed E-state index contributed by atoms with van der Waals surface area (Å²) in [5, 5.41) is 5.54. The number of amides is 2. The minimum Gasteiger partial charge on any atom is -0.493 e. The number of rotatable bonds is 3. The number of hydrogen-bond acceptors (Lipinski definition) is 3. The molecule has 2 amide bonds. The average Bonchev–Trinajstić information content (AvgIpc) is 2.75. The summed E-state index contributed by atoms with van der Waals surface area (Å²) in [5.41, 5.74) is 0.959. The lowest BCUT2D eigenvalue weighted by Crippen LogP contribution is -2.21. The van der Waals surface area contributed by atoms with Crippen LogP contribution in [0.1, 0.15) is 11.6 Å². The Hall–Kier alpha value is -1.43. The first-order chi connectivity index (χ1) is 8.15. The van der Waals surface area contributed by atoms with E-state index in [0.29, 0.717) is 18.0 Å². The van der Waals surface area contributed by atoms with E-state index in [1.165, 1.54) is 0 Å². The summed E-state index contributed by atoms with van der Waals surface area (Å²) in [6, 6.07) is 3.48. The van der Waals surface area contributed by atoms with Crippen LogP contribution >= 0.6 is 15.9 Å². The van der Waals surface area contributed by atoms with Gasteiger partial charge in [0.1, 0.15) is 0 Å². The molecule has 0 aromatic heterocycles. The summed E-state index contributed by atoms with van der Waals surface area (Å²) in [6.07, 6.45) is 0. The van der Waals surface area contributed by atoms with Crippen LogP contribution in [0.2, 0.25) is 0 Å². The van der Waals surface area contributed by atoms with E-state index in [0.717, 1.165) is 10.0 Å². The van der Waals surface area contributed by atoms with Crippen LogP contribution in [-0.2, 0) is 0 Å². The quantitative estimate of drug-likeness (QED) is 0.895. The highest BCUT2D eigenvalue weighted by Crippen LogP contribution is 2.36. The number of urea groups is 1. The zero-order valence-electron chi connectivity index (χ0n) is 9.54. The minimum atomic E-state index is -0.156. The number of methoxy groups -OCH3 is 2. The molecule has 5 nitrogen and oxygen atoms in total. The molecule has 0 saturated carbocycles. The standard InChI is InChI=1S/C11H13BrN2O3/c1-16-9-3-6(7(12)4-10(9)17-2)8-5-13-11(15)14-8/h3-4,8H,5H2,1-2H3,(H2,13,14,15)/t8-/m0/s1. The van der Waals surface area contributed by atoms with Gasteiger partial charge in [0, 0.05) is 11.0 Å². The van der Waals surface area contributed by atoms with E-state index in [-0.39, 0.29) is 12.1 Å². The van der Waals surface area contributed by atoms with E-state index in [1.54, 1.807) is 14.2 Å². The largest absolute Gasteiger partial charge is 0.493 e. The third-order valence-corrected chi connectivity index (χ3v) is 3.34. The molecule has 2 N–H and O–H groups in total. The molecule has 1 fully saturated rings. The molecule has 1 aliphatic heterocycles. The van der Waals surface area contributed by atoms with Crippen molar-refractivity contribution in [3.05, 3.63) is 22.2 Å². The van der Waals surface area contributed by atoms with Crippen LogP contribution < -0.4 is 20.1 Å². The van der Waals surface area contributed by atoms with Gasteiger partial charge in [0.25, 0.3) is 0 Å². The second-order valence-electron chi connectivity index (χ2n) is 3.64. The van der Waals surface area contributed by atoms with E-state index in [1.807, 2.05) is 12.1 Å². The highest BCUT2D eigenvalue weighted by atomic mass is 79.9. The second kappa shape index (κ2) is 4.83. The second-order valence-corrected chi connectivity index (χ2v) is 4.49. The van der Waals surface area contributed by atoms with E-state index >= 15 is 0 Å². The Morgan fingerprint density at radius 1 is 1.29 bits per heavy atom. The molecule has 6 heteroatoms. The van der Waals surface area contributed by atoms with Gasteiger partial charge < -0.3 is 20.1 Å². The van der Waals surface area contributed by atoms with Crippen molar-refractivity contribution in [2.45, 2.75) is 6.04 Å².